The van der Waals surface area contributed by atoms with E-state index in [1.165, 1.54) is 12.3 Å². The van der Waals surface area contributed by atoms with Crippen LogP contribution in [-0.4, -0.2) is 38.6 Å². The molecule has 35 heavy (non-hydrogen) atoms. The van der Waals surface area contributed by atoms with Gasteiger partial charge in [0.2, 0.25) is 5.91 Å². The van der Waals surface area contributed by atoms with Crippen LogP contribution >= 0.6 is 0 Å². The summed E-state index contributed by atoms with van der Waals surface area (Å²) in [5.41, 5.74) is -1.32. The van der Waals surface area contributed by atoms with Gasteiger partial charge in [-0.25, -0.2) is 13.4 Å². The highest BCUT2D eigenvalue weighted by molar-refractivity contribution is 7.92. The van der Waals surface area contributed by atoms with Crippen LogP contribution in [0.5, 0.6) is 0 Å². The first-order chi connectivity index (χ1) is 16.1. The van der Waals surface area contributed by atoms with Crippen LogP contribution < -0.4 is 4.90 Å². The Kier molecular flexibility index (Phi) is 7.39. The largest absolute Gasteiger partial charge is 0.416 e. The van der Waals surface area contributed by atoms with E-state index in [2.05, 4.69) is 4.98 Å². The molecule has 192 valence electrons. The molecular formula is C25H31F3N2O4S. The van der Waals surface area contributed by atoms with Crippen LogP contribution in [0.15, 0.2) is 47.5 Å². The summed E-state index contributed by atoms with van der Waals surface area (Å²) in [6, 6.07) is 6.82. The van der Waals surface area contributed by atoms with E-state index in [1.54, 1.807) is 37.8 Å². The molecule has 0 aliphatic carbocycles. The predicted molar refractivity (Wildman–Crippen MR) is 127 cm³/mol. The second-order valence-corrected chi connectivity index (χ2v) is 12.3. The minimum Gasteiger partial charge on any atom is -0.381 e. The van der Waals surface area contributed by atoms with Crippen molar-refractivity contribution in [2.45, 2.75) is 69.3 Å². The first kappa shape index (κ1) is 27.1. The minimum atomic E-state index is -4.67. The van der Waals surface area contributed by atoms with E-state index >= 15 is 0 Å². The molecule has 6 nitrogen and oxygen atoms in total. The number of pyridine rings is 1. The lowest BCUT2D eigenvalue weighted by Crippen LogP contribution is -2.44. The highest BCUT2D eigenvalue weighted by Crippen LogP contribution is 2.44. The fraction of sp³-hybridized carbons (Fsp3) is 0.520. The number of carbonyl (C=O) groups excluding carboxylic acids is 1. The van der Waals surface area contributed by atoms with Gasteiger partial charge in [0.1, 0.15) is 10.6 Å². The molecule has 0 radical (unpaired) electrons. The van der Waals surface area contributed by atoms with Crippen molar-refractivity contribution in [3.8, 4) is 0 Å². The zero-order chi connectivity index (χ0) is 26.2. The van der Waals surface area contributed by atoms with Crippen LogP contribution in [0, 0.1) is 5.41 Å². The third kappa shape index (κ3) is 5.23. The number of carbonyl (C=O) groups is 1. The Morgan fingerprint density at radius 3 is 2.20 bits per heavy atom. The van der Waals surface area contributed by atoms with Crippen LogP contribution in [0.3, 0.4) is 0 Å². The molecule has 1 aromatic carbocycles. The summed E-state index contributed by atoms with van der Waals surface area (Å²) in [5.74, 6) is 0.243. The topological polar surface area (TPSA) is 76.6 Å². The van der Waals surface area contributed by atoms with Gasteiger partial charge in [0.15, 0.2) is 9.84 Å². The van der Waals surface area contributed by atoms with Crippen molar-refractivity contribution in [3.05, 3.63) is 53.7 Å². The average molecular weight is 513 g/mol. The molecule has 10 heteroatoms. The fourth-order valence-corrected chi connectivity index (χ4v) is 6.37. The van der Waals surface area contributed by atoms with E-state index in [9.17, 15) is 26.4 Å². The maximum atomic E-state index is 13.8. The summed E-state index contributed by atoms with van der Waals surface area (Å²) >= 11 is 0. The summed E-state index contributed by atoms with van der Waals surface area (Å²) in [6.45, 7) is 9.41. The Morgan fingerprint density at radius 1 is 1.09 bits per heavy atom. The van der Waals surface area contributed by atoms with Gasteiger partial charge in [-0.05, 0) is 56.5 Å². The minimum absolute atomic E-state index is 0.0709. The van der Waals surface area contributed by atoms with Crippen molar-refractivity contribution < 1.29 is 31.1 Å². The number of hydrogen-bond donors (Lipinski definition) is 0. The van der Waals surface area contributed by atoms with Crippen LogP contribution in [0.2, 0.25) is 0 Å². The Labute approximate surface area is 204 Å². The third-order valence-electron chi connectivity index (χ3n) is 6.18. The SMILES string of the molecule is CC(C)N(C(=O)C(C)(C)C)c1ccc(C2(S(=O)(=O)c3cccc(C(F)(F)F)c3)CCOCC2)cn1. The number of amides is 1. The number of halogens is 3. The standard InChI is InChI=1S/C25H31F3N2O4S/c1-17(2)30(22(31)23(3,4)5)21-10-9-19(16-29-21)24(11-13-34-14-12-24)35(32,33)20-8-6-7-18(15-20)25(26,27)28/h6-10,15-17H,11-14H2,1-5H3. The number of benzene rings is 1. The van der Waals surface area contributed by atoms with E-state index in [-0.39, 0.29) is 38.0 Å². The first-order valence-electron chi connectivity index (χ1n) is 11.4. The van der Waals surface area contributed by atoms with E-state index in [0.717, 1.165) is 12.1 Å². The highest BCUT2D eigenvalue weighted by Gasteiger charge is 2.48. The van der Waals surface area contributed by atoms with E-state index < -0.39 is 36.6 Å². The van der Waals surface area contributed by atoms with Gasteiger partial charge in [0, 0.05) is 30.9 Å². The van der Waals surface area contributed by atoms with Crippen LogP contribution in [0.1, 0.15) is 58.6 Å². The molecule has 1 saturated heterocycles. The molecule has 2 aromatic rings. The quantitative estimate of drug-likeness (QED) is 0.539. The smallest absolute Gasteiger partial charge is 0.381 e. The van der Waals surface area contributed by atoms with Gasteiger partial charge in [-0.3, -0.25) is 9.69 Å². The Balaban J connectivity index is 2.10. The first-order valence-corrected chi connectivity index (χ1v) is 12.9. The third-order valence-corrected chi connectivity index (χ3v) is 8.73. The van der Waals surface area contributed by atoms with Crippen molar-refractivity contribution in [2.75, 3.05) is 18.1 Å². The fourth-order valence-electron chi connectivity index (χ4n) is 4.24. The number of nitrogens with zero attached hydrogens (tertiary/aromatic N) is 2. The molecule has 1 aromatic heterocycles. The van der Waals surface area contributed by atoms with Gasteiger partial charge in [0.05, 0.1) is 10.5 Å². The molecule has 0 N–H and O–H groups in total. The number of alkyl halides is 3. The lowest BCUT2D eigenvalue weighted by atomic mass is 9.91. The molecule has 0 unspecified atom stereocenters. The van der Waals surface area contributed by atoms with Crippen molar-refractivity contribution >= 4 is 21.6 Å². The molecule has 0 atom stereocenters. The molecule has 1 aliphatic heterocycles. The van der Waals surface area contributed by atoms with Crippen molar-refractivity contribution in [1.82, 2.24) is 4.98 Å². The monoisotopic (exact) mass is 512 g/mol. The van der Waals surface area contributed by atoms with Crippen molar-refractivity contribution in [1.29, 1.82) is 0 Å². The molecule has 1 aliphatic rings. The molecule has 3 rings (SSSR count). The summed E-state index contributed by atoms with van der Waals surface area (Å²) < 4.78 is 71.5. The van der Waals surface area contributed by atoms with Gasteiger partial charge in [0.25, 0.3) is 0 Å². The number of ether oxygens (including phenoxy) is 1. The molecule has 1 fully saturated rings. The molecule has 0 spiro atoms. The molecule has 1 amide bonds. The van der Waals surface area contributed by atoms with E-state index in [0.29, 0.717) is 17.4 Å². The van der Waals surface area contributed by atoms with Crippen LogP contribution in [0.25, 0.3) is 0 Å². The molecular weight excluding hydrogens is 481 g/mol. The van der Waals surface area contributed by atoms with Gasteiger partial charge in [-0.1, -0.05) is 32.9 Å². The van der Waals surface area contributed by atoms with Crippen molar-refractivity contribution in [3.63, 3.8) is 0 Å². The predicted octanol–water partition coefficient (Wildman–Crippen LogP) is 5.37. The summed E-state index contributed by atoms with van der Waals surface area (Å²) in [4.78, 5) is 18.6. The van der Waals surface area contributed by atoms with Gasteiger partial charge < -0.3 is 4.74 Å². The van der Waals surface area contributed by atoms with E-state index in [4.69, 9.17) is 4.74 Å². The average Bonchev–Trinajstić information content (AvgIpc) is 2.78. The van der Waals surface area contributed by atoms with Crippen LogP contribution in [-0.2, 0) is 30.3 Å². The number of aromatic nitrogens is 1. The number of hydrogen-bond acceptors (Lipinski definition) is 5. The Bertz CT molecular complexity index is 1160. The second-order valence-electron chi connectivity index (χ2n) is 10.1. The summed E-state index contributed by atoms with van der Waals surface area (Å²) in [5, 5.41) is 0. The lowest BCUT2D eigenvalue weighted by molar-refractivity contribution is -0.137. The molecule has 0 saturated carbocycles. The molecule has 0 bridgehead atoms. The van der Waals surface area contributed by atoms with Gasteiger partial charge in [-0.2, -0.15) is 13.2 Å². The maximum absolute atomic E-state index is 13.8. The highest BCUT2D eigenvalue weighted by atomic mass is 32.2. The Hall–Kier alpha value is -2.46. The van der Waals surface area contributed by atoms with Gasteiger partial charge >= 0.3 is 6.18 Å². The second kappa shape index (κ2) is 9.54. The zero-order valence-corrected chi connectivity index (χ0v) is 21.3. The molecule has 2 heterocycles. The normalized spacial score (nSPS) is 16.8. The van der Waals surface area contributed by atoms with Crippen molar-refractivity contribution in [2.24, 2.45) is 5.41 Å². The van der Waals surface area contributed by atoms with Crippen LogP contribution in [0.4, 0.5) is 19.0 Å². The lowest BCUT2D eigenvalue weighted by Gasteiger charge is -2.37. The Morgan fingerprint density at radius 2 is 1.71 bits per heavy atom. The number of sulfone groups is 1. The summed E-state index contributed by atoms with van der Waals surface area (Å²) in [7, 11) is -4.25. The summed E-state index contributed by atoms with van der Waals surface area (Å²) in [6.07, 6.45) is -3.11. The van der Waals surface area contributed by atoms with E-state index in [1.807, 2.05) is 13.8 Å². The van der Waals surface area contributed by atoms with Gasteiger partial charge in [-0.15, -0.1) is 0 Å². The number of anilines is 1. The maximum Gasteiger partial charge on any atom is 0.416 e. The zero-order valence-electron chi connectivity index (χ0n) is 20.5. The number of rotatable bonds is 5.